The molecule has 0 saturated carbocycles. The van der Waals surface area contributed by atoms with Gasteiger partial charge in [-0.05, 0) is 28.3 Å². The van der Waals surface area contributed by atoms with Gasteiger partial charge in [0.1, 0.15) is 19.0 Å². The Kier molecular flexibility index (Phi) is 6.77. The van der Waals surface area contributed by atoms with Crippen molar-refractivity contribution in [3.8, 4) is 39.5 Å². The van der Waals surface area contributed by atoms with E-state index >= 15 is 0 Å². The van der Waals surface area contributed by atoms with Gasteiger partial charge >= 0.3 is 0 Å². The standard InChI is InChI=1S/C32H26O3/c33-31-28(26-17-9-3-10-18-26)21-29(34-22-24-13-5-1-6-14-24)30(27-19-11-4-12-20-27)32(31)35-23-25-15-7-2-8-16-25/h1-21,33H,22-23H2. The SMILES string of the molecule is Oc1c(-c2ccccc2)cc(OCc2ccccc2)c(-c2ccccc2)c1OCc1ccccc1. The first-order valence-electron chi connectivity index (χ1n) is 11.6. The molecule has 3 nitrogen and oxygen atoms in total. The van der Waals surface area contributed by atoms with E-state index in [9.17, 15) is 5.11 Å². The summed E-state index contributed by atoms with van der Waals surface area (Å²) >= 11 is 0. The number of hydrogen-bond acceptors (Lipinski definition) is 3. The van der Waals surface area contributed by atoms with Crippen LogP contribution in [-0.2, 0) is 13.2 Å². The second kappa shape index (κ2) is 10.6. The van der Waals surface area contributed by atoms with Crippen molar-refractivity contribution in [2.75, 3.05) is 0 Å². The third kappa shape index (κ3) is 5.20. The highest BCUT2D eigenvalue weighted by Crippen LogP contribution is 2.50. The maximum absolute atomic E-state index is 11.5. The third-order valence-electron chi connectivity index (χ3n) is 5.83. The first-order valence-corrected chi connectivity index (χ1v) is 11.6. The van der Waals surface area contributed by atoms with Crippen LogP contribution in [0.4, 0.5) is 0 Å². The second-order valence-corrected chi connectivity index (χ2v) is 8.26. The summed E-state index contributed by atoms with van der Waals surface area (Å²) in [5, 5.41) is 11.5. The zero-order valence-electron chi connectivity index (χ0n) is 19.3. The van der Waals surface area contributed by atoms with E-state index in [1.807, 2.05) is 127 Å². The summed E-state index contributed by atoms with van der Waals surface area (Å²) in [5.41, 5.74) is 5.27. The topological polar surface area (TPSA) is 38.7 Å². The fourth-order valence-electron chi connectivity index (χ4n) is 4.06. The van der Waals surface area contributed by atoms with Crippen LogP contribution in [0.5, 0.6) is 17.2 Å². The Hall–Kier alpha value is -4.50. The van der Waals surface area contributed by atoms with Gasteiger partial charge in [0.05, 0.1) is 5.56 Å². The van der Waals surface area contributed by atoms with Crippen molar-refractivity contribution in [3.05, 3.63) is 139 Å². The van der Waals surface area contributed by atoms with E-state index in [2.05, 4.69) is 0 Å². The first-order chi connectivity index (χ1) is 17.3. The maximum Gasteiger partial charge on any atom is 0.173 e. The van der Waals surface area contributed by atoms with Crippen LogP contribution >= 0.6 is 0 Å². The Bertz CT molecular complexity index is 1370. The number of rotatable bonds is 8. The first kappa shape index (κ1) is 22.3. The molecule has 172 valence electrons. The number of phenols is 1. The molecule has 0 aliphatic carbocycles. The summed E-state index contributed by atoms with van der Waals surface area (Å²) in [7, 11) is 0. The highest BCUT2D eigenvalue weighted by atomic mass is 16.5. The fourth-order valence-corrected chi connectivity index (χ4v) is 4.06. The molecule has 5 aromatic carbocycles. The molecule has 0 saturated heterocycles. The van der Waals surface area contributed by atoms with Gasteiger partial charge in [-0.15, -0.1) is 0 Å². The van der Waals surface area contributed by atoms with E-state index in [1.165, 1.54) is 0 Å². The molecule has 3 heteroatoms. The Labute approximate surface area is 205 Å². The van der Waals surface area contributed by atoms with Crippen LogP contribution in [0, 0.1) is 0 Å². The molecule has 5 aromatic rings. The number of hydrogen-bond donors (Lipinski definition) is 1. The van der Waals surface area contributed by atoms with Crippen molar-refractivity contribution in [2.24, 2.45) is 0 Å². The van der Waals surface area contributed by atoms with Crippen molar-refractivity contribution < 1.29 is 14.6 Å². The van der Waals surface area contributed by atoms with E-state index in [0.29, 0.717) is 30.3 Å². The van der Waals surface area contributed by atoms with Crippen LogP contribution < -0.4 is 9.47 Å². The van der Waals surface area contributed by atoms with Crippen molar-refractivity contribution in [2.45, 2.75) is 13.2 Å². The van der Waals surface area contributed by atoms with Gasteiger partial charge < -0.3 is 14.6 Å². The molecule has 0 aromatic heterocycles. The molecule has 0 aliphatic heterocycles. The lowest BCUT2D eigenvalue weighted by atomic mass is 9.96. The van der Waals surface area contributed by atoms with Gasteiger partial charge in [-0.1, -0.05) is 121 Å². The van der Waals surface area contributed by atoms with Gasteiger partial charge in [0.15, 0.2) is 11.5 Å². The largest absolute Gasteiger partial charge is 0.504 e. The Balaban J connectivity index is 1.65. The van der Waals surface area contributed by atoms with E-state index in [1.54, 1.807) is 0 Å². The summed E-state index contributed by atoms with van der Waals surface area (Å²) in [4.78, 5) is 0. The van der Waals surface area contributed by atoms with Gasteiger partial charge in [0.2, 0.25) is 0 Å². The predicted octanol–water partition coefficient (Wildman–Crippen LogP) is 7.88. The number of ether oxygens (including phenoxy) is 2. The molecule has 5 rings (SSSR count). The smallest absolute Gasteiger partial charge is 0.173 e. The van der Waals surface area contributed by atoms with Gasteiger partial charge in [0.25, 0.3) is 0 Å². The molecule has 0 radical (unpaired) electrons. The Morgan fingerprint density at radius 3 is 1.51 bits per heavy atom. The van der Waals surface area contributed by atoms with Crippen LogP contribution in [-0.4, -0.2) is 5.11 Å². The minimum absolute atomic E-state index is 0.0954. The highest BCUT2D eigenvalue weighted by molar-refractivity contribution is 5.87. The normalized spacial score (nSPS) is 10.6. The summed E-state index contributed by atoms with van der Waals surface area (Å²) in [5.74, 6) is 1.15. The van der Waals surface area contributed by atoms with Crippen molar-refractivity contribution in [1.82, 2.24) is 0 Å². The van der Waals surface area contributed by atoms with Gasteiger partial charge in [-0.2, -0.15) is 0 Å². The quantitative estimate of drug-likeness (QED) is 0.257. The summed E-state index contributed by atoms with van der Waals surface area (Å²) in [6, 6.07) is 41.6. The zero-order chi connectivity index (χ0) is 23.9. The van der Waals surface area contributed by atoms with Gasteiger partial charge in [0, 0.05) is 5.56 Å². The summed E-state index contributed by atoms with van der Waals surface area (Å²) in [6.07, 6.45) is 0. The van der Waals surface area contributed by atoms with Crippen molar-refractivity contribution >= 4 is 0 Å². The van der Waals surface area contributed by atoms with E-state index in [0.717, 1.165) is 27.8 Å². The lowest BCUT2D eigenvalue weighted by molar-refractivity contribution is 0.281. The minimum Gasteiger partial charge on any atom is -0.504 e. The van der Waals surface area contributed by atoms with E-state index in [4.69, 9.17) is 9.47 Å². The van der Waals surface area contributed by atoms with Gasteiger partial charge in [-0.25, -0.2) is 0 Å². The highest BCUT2D eigenvalue weighted by Gasteiger charge is 2.23. The molecule has 0 fully saturated rings. The minimum atomic E-state index is 0.0954. The van der Waals surface area contributed by atoms with Gasteiger partial charge in [-0.3, -0.25) is 0 Å². The lowest BCUT2D eigenvalue weighted by Gasteiger charge is -2.21. The third-order valence-corrected chi connectivity index (χ3v) is 5.83. The summed E-state index contributed by atoms with van der Waals surface area (Å²) < 4.78 is 12.7. The Morgan fingerprint density at radius 2 is 0.971 bits per heavy atom. The molecule has 0 heterocycles. The zero-order valence-corrected chi connectivity index (χ0v) is 19.3. The average Bonchev–Trinajstić information content (AvgIpc) is 2.93. The molecule has 35 heavy (non-hydrogen) atoms. The molecule has 0 atom stereocenters. The second-order valence-electron chi connectivity index (χ2n) is 8.26. The monoisotopic (exact) mass is 458 g/mol. The molecule has 1 N–H and O–H groups in total. The van der Waals surface area contributed by atoms with Crippen LogP contribution in [0.1, 0.15) is 11.1 Å². The molecular weight excluding hydrogens is 432 g/mol. The van der Waals surface area contributed by atoms with Crippen molar-refractivity contribution in [1.29, 1.82) is 0 Å². The molecule has 0 unspecified atom stereocenters. The number of aromatic hydroxyl groups is 1. The van der Waals surface area contributed by atoms with E-state index in [-0.39, 0.29) is 5.75 Å². The average molecular weight is 459 g/mol. The van der Waals surface area contributed by atoms with Crippen LogP contribution in [0.15, 0.2) is 127 Å². The van der Waals surface area contributed by atoms with E-state index < -0.39 is 0 Å². The predicted molar refractivity (Wildman–Crippen MR) is 141 cm³/mol. The van der Waals surface area contributed by atoms with Crippen LogP contribution in [0.3, 0.4) is 0 Å². The number of benzene rings is 5. The molecule has 0 amide bonds. The maximum atomic E-state index is 11.5. The van der Waals surface area contributed by atoms with Crippen LogP contribution in [0.2, 0.25) is 0 Å². The molecule has 0 bridgehead atoms. The Morgan fingerprint density at radius 1 is 0.514 bits per heavy atom. The molecule has 0 spiro atoms. The fraction of sp³-hybridized carbons (Fsp3) is 0.0625. The molecular formula is C32H26O3. The molecule has 0 aliphatic rings. The van der Waals surface area contributed by atoms with Crippen LogP contribution in [0.25, 0.3) is 22.3 Å². The lowest BCUT2D eigenvalue weighted by Crippen LogP contribution is -2.02. The van der Waals surface area contributed by atoms with Crippen molar-refractivity contribution in [3.63, 3.8) is 0 Å². The summed E-state index contributed by atoms with van der Waals surface area (Å²) in [6.45, 7) is 0.725. The number of phenolic OH excluding ortho intramolecular Hbond substituents is 1.